The number of rotatable bonds is 7. The Hall–Kier alpha value is -0.860. The summed E-state index contributed by atoms with van der Waals surface area (Å²) >= 11 is 0. The Morgan fingerprint density at radius 3 is 2.38 bits per heavy atom. The standard InChI is InChI=1S/C14H23NO/c1-2-3-7-10-14(11-15,12-16)13-8-5-4-6-9-13/h4-6,8-9,16H,2-3,7,10-12,15H2,1H3. The zero-order valence-electron chi connectivity index (χ0n) is 10.2. The minimum atomic E-state index is -0.240. The average molecular weight is 221 g/mol. The quantitative estimate of drug-likeness (QED) is 0.695. The van der Waals surface area contributed by atoms with Crippen LogP contribution in [0.1, 0.15) is 38.2 Å². The van der Waals surface area contributed by atoms with Crippen LogP contribution in [-0.4, -0.2) is 18.3 Å². The first-order valence-corrected chi connectivity index (χ1v) is 6.15. The normalized spacial score (nSPS) is 14.7. The summed E-state index contributed by atoms with van der Waals surface area (Å²) in [6.07, 6.45) is 4.50. The molecule has 0 saturated heterocycles. The predicted molar refractivity (Wildman–Crippen MR) is 68.4 cm³/mol. The molecule has 90 valence electrons. The monoisotopic (exact) mass is 221 g/mol. The Morgan fingerprint density at radius 1 is 1.19 bits per heavy atom. The van der Waals surface area contributed by atoms with Gasteiger partial charge in [-0.05, 0) is 12.0 Å². The van der Waals surface area contributed by atoms with Crippen molar-refractivity contribution in [2.45, 2.75) is 38.0 Å². The molecule has 0 fully saturated rings. The van der Waals surface area contributed by atoms with Gasteiger partial charge in [-0.3, -0.25) is 0 Å². The third kappa shape index (κ3) is 3.06. The van der Waals surface area contributed by atoms with E-state index in [0.717, 1.165) is 18.4 Å². The minimum Gasteiger partial charge on any atom is -0.395 e. The summed E-state index contributed by atoms with van der Waals surface area (Å²) in [5.41, 5.74) is 6.80. The molecule has 0 aliphatic carbocycles. The van der Waals surface area contributed by atoms with Crippen molar-refractivity contribution in [1.29, 1.82) is 0 Å². The van der Waals surface area contributed by atoms with E-state index in [1.807, 2.05) is 18.2 Å². The first kappa shape index (κ1) is 13.2. The van der Waals surface area contributed by atoms with Crippen LogP contribution in [0.2, 0.25) is 0 Å². The molecule has 0 aliphatic heterocycles. The molecular weight excluding hydrogens is 198 g/mol. The van der Waals surface area contributed by atoms with Gasteiger partial charge in [-0.25, -0.2) is 0 Å². The number of aliphatic hydroxyl groups is 1. The molecule has 0 radical (unpaired) electrons. The first-order chi connectivity index (χ1) is 7.79. The molecule has 1 aromatic carbocycles. The fourth-order valence-electron chi connectivity index (χ4n) is 2.10. The van der Waals surface area contributed by atoms with Crippen molar-refractivity contribution >= 4 is 0 Å². The minimum absolute atomic E-state index is 0.136. The number of hydrogen-bond acceptors (Lipinski definition) is 2. The summed E-state index contributed by atoms with van der Waals surface area (Å²) in [6, 6.07) is 10.1. The van der Waals surface area contributed by atoms with Crippen LogP contribution in [0.5, 0.6) is 0 Å². The summed E-state index contributed by atoms with van der Waals surface area (Å²) in [5, 5.41) is 9.65. The number of benzene rings is 1. The fraction of sp³-hybridized carbons (Fsp3) is 0.571. The Bertz CT molecular complexity index is 280. The van der Waals surface area contributed by atoms with E-state index in [9.17, 15) is 5.11 Å². The molecule has 0 aliphatic rings. The van der Waals surface area contributed by atoms with Crippen LogP contribution in [0.15, 0.2) is 30.3 Å². The van der Waals surface area contributed by atoms with Crippen LogP contribution in [0.3, 0.4) is 0 Å². The number of nitrogens with two attached hydrogens (primary N) is 1. The highest BCUT2D eigenvalue weighted by atomic mass is 16.3. The molecule has 16 heavy (non-hydrogen) atoms. The maximum Gasteiger partial charge on any atom is 0.0540 e. The molecule has 1 unspecified atom stereocenters. The molecule has 1 aromatic rings. The second-order valence-electron chi connectivity index (χ2n) is 4.47. The largest absolute Gasteiger partial charge is 0.395 e. The Morgan fingerprint density at radius 2 is 1.88 bits per heavy atom. The van der Waals surface area contributed by atoms with E-state index in [0.29, 0.717) is 6.54 Å². The zero-order chi connectivity index (χ0) is 11.9. The van der Waals surface area contributed by atoms with Crippen LogP contribution in [-0.2, 0) is 5.41 Å². The molecule has 1 atom stereocenters. The molecule has 0 spiro atoms. The van der Waals surface area contributed by atoms with Gasteiger partial charge in [-0.15, -0.1) is 0 Å². The number of hydrogen-bond donors (Lipinski definition) is 2. The average Bonchev–Trinajstić information content (AvgIpc) is 2.36. The van der Waals surface area contributed by atoms with E-state index >= 15 is 0 Å². The van der Waals surface area contributed by atoms with E-state index in [1.165, 1.54) is 12.8 Å². The molecule has 1 rings (SSSR count). The van der Waals surface area contributed by atoms with Crippen molar-refractivity contribution in [1.82, 2.24) is 0 Å². The lowest BCUT2D eigenvalue weighted by atomic mass is 9.77. The Balaban J connectivity index is 2.79. The van der Waals surface area contributed by atoms with Gasteiger partial charge >= 0.3 is 0 Å². The predicted octanol–water partition coefficient (Wildman–Crippen LogP) is 2.46. The molecule has 2 heteroatoms. The zero-order valence-corrected chi connectivity index (χ0v) is 10.2. The summed E-state index contributed by atoms with van der Waals surface area (Å²) in [6.45, 7) is 2.83. The molecule has 3 N–H and O–H groups in total. The van der Waals surface area contributed by atoms with Gasteiger partial charge in [0.05, 0.1) is 6.61 Å². The lowest BCUT2D eigenvalue weighted by Gasteiger charge is -2.31. The van der Waals surface area contributed by atoms with Gasteiger partial charge in [-0.1, -0.05) is 56.5 Å². The Kier molecular flexibility index (Phi) is 5.50. The van der Waals surface area contributed by atoms with Crippen LogP contribution < -0.4 is 5.73 Å². The SMILES string of the molecule is CCCCCC(CN)(CO)c1ccccc1. The van der Waals surface area contributed by atoms with E-state index in [-0.39, 0.29) is 12.0 Å². The van der Waals surface area contributed by atoms with E-state index in [1.54, 1.807) is 0 Å². The summed E-state index contributed by atoms with van der Waals surface area (Å²) < 4.78 is 0. The molecular formula is C14H23NO. The van der Waals surface area contributed by atoms with Gasteiger partial charge in [0.2, 0.25) is 0 Å². The smallest absolute Gasteiger partial charge is 0.0540 e. The lowest BCUT2D eigenvalue weighted by molar-refractivity contribution is 0.185. The summed E-state index contributed by atoms with van der Waals surface area (Å²) in [7, 11) is 0. The molecule has 2 nitrogen and oxygen atoms in total. The van der Waals surface area contributed by atoms with Crippen LogP contribution >= 0.6 is 0 Å². The molecule has 0 bridgehead atoms. The number of unbranched alkanes of at least 4 members (excludes halogenated alkanes) is 2. The van der Waals surface area contributed by atoms with E-state index in [2.05, 4.69) is 19.1 Å². The van der Waals surface area contributed by atoms with Gasteiger partial charge in [0.25, 0.3) is 0 Å². The Labute approximate surface area is 98.5 Å². The van der Waals surface area contributed by atoms with Crippen molar-refractivity contribution in [3.63, 3.8) is 0 Å². The van der Waals surface area contributed by atoms with Gasteiger partial charge < -0.3 is 10.8 Å². The molecule has 0 heterocycles. The van der Waals surface area contributed by atoms with Crippen LogP contribution in [0.4, 0.5) is 0 Å². The first-order valence-electron chi connectivity index (χ1n) is 6.15. The van der Waals surface area contributed by atoms with Gasteiger partial charge in [0, 0.05) is 12.0 Å². The van der Waals surface area contributed by atoms with Gasteiger partial charge in [0.15, 0.2) is 0 Å². The fourth-order valence-corrected chi connectivity index (χ4v) is 2.10. The van der Waals surface area contributed by atoms with Crippen LogP contribution in [0, 0.1) is 0 Å². The van der Waals surface area contributed by atoms with E-state index in [4.69, 9.17) is 5.73 Å². The van der Waals surface area contributed by atoms with E-state index < -0.39 is 0 Å². The van der Waals surface area contributed by atoms with Crippen molar-refractivity contribution in [3.8, 4) is 0 Å². The number of aliphatic hydroxyl groups excluding tert-OH is 1. The second-order valence-corrected chi connectivity index (χ2v) is 4.47. The summed E-state index contributed by atoms with van der Waals surface area (Å²) in [5.74, 6) is 0. The highest BCUT2D eigenvalue weighted by Gasteiger charge is 2.29. The maximum atomic E-state index is 9.65. The lowest BCUT2D eigenvalue weighted by Crippen LogP contribution is -2.38. The molecule has 0 aromatic heterocycles. The highest BCUT2D eigenvalue weighted by molar-refractivity contribution is 5.26. The van der Waals surface area contributed by atoms with Gasteiger partial charge in [0.1, 0.15) is 0 Å². The third-order valence-electron chi connectivity index (χ3n) is 3.34. The molecule has 0 saturated carbocycles. The summed E-state index contributed by atoms with van der Waals surface area (Å²) in [4.78, 5) is 0. The van der Waals surface area contributed by atoms with Crippen LogP contribution in [0.25, 0.3) is 0 Å². The van der Waals surface area contributed by atoms with Crippen molar-refractivity contribution in [2.75, 3.05) is 13.2 Å². The second kappa shape index (κ2) is 6.66. The van der Waals surface area contributed by atoms with Crippen molar-refractivity contribution < 1.29 is 5.11 Å². The maximum absolute atomic E-state index is 9.65. The molecule has 0 amide bonds. The van der Waals surface area contributed by atoms with Gasteiger partial charge in [-0.2, -0.15) is 0 Å². The topological polar surface area (TPSA) is 46.2 Å². The highest BCUT2D eigenvalue weighted by Crippen LogP contribution is 2.28. The van der Waals surface area contributed by atoms with Crippen molar-refractivity contribution in [2.24, 2.45) is 5.73 Å². The third-order valence-corrected chi connectivity index (χ3v) is 3.34. The van der Waals surface area contributed by atoms with Crippen molar-refractivity contribution in [3.05, 3.63) is 35.9 Å².